The van der Waals surface area contributed by atoms with E-state index in [0.29, 0.717) is 18.3 Å². The Hall–Kier alpha value is -0.220. The number of aliphatic hydroxyl groups excluding tert-OH is 3. The Kier molecular flexibility index (Phi) is 10.7. The van der Waals surface area contributed by atoms with E-state index in [1.807, 2.05) is 0 Å². The average molecular weight is 506 g/mol. The molecule has 4 rings (SSSR count). The van der Waals surface area contributed by atoms with Gasteiger partial charge in [0.25, 0.3) is 0 Å². The predicted octanol–water partition coefficient (Wildman–Crippen LogP) is -1.85. The Morgan fingerprint density at radius 3 is 2.26 bits per heavy atom. The molecule has 0 amide bonds. The van der Waals surface area contributed by atoms with Crippen LogP contribution in [0.3, 0.4) is 0 Å². The number of rotatable bonds is 5. The molecule has 0 aliphatic heterocycles. The second-order valence-corrected chi connectivity index (χ2v) is 12.0. The number of carbonyl (C=O) groups excluding carboxylic acids is 1. The van der Waals surface area contributed by atoms with Gasteiger partial charge in [-0.3, -0.25) is 4.79 Å². The Labute approximate surface area is 231 Å². The van der Waals surface area contributed by atoms with Crippen molar-refractivity contribution in [1.82, 2.24) is 0 Å². The van der Waals surface area contributed by atoms with Crippen molar-refractivity contribution in [2.24, 2.45) is 52.1 Å². The van der Waals surface area contributed by atoms with E-state index in [4.69, 9.17) is 5.11 Å². The molecule has 0 radical (unpaired) electrons. The molecule has 0 bridgehead atoms. The molecule has 0 heterocycles. The third-order valence-electron chi connectivity index (χ3n) is 10.5. The molecular weight excluding hydrogens is 461 g/mol. The number of nitrogens with two attached hydrogens (primary N) is 1. The van der Waals surface area contributed by atoms with Crippen LogP contribution in [0.4, 0.5) is 0 Å². The molecule has 4 aliphatic rings. The third kappa shape index (κ3) is 5.94. The molecule has 9 heteroatoms. The summed E-state index contributed by atoms with van der Waals surface area (Å²) in [5, 5.41) is 51.5. The predicted molar refractivity (Wildman–Crippen MR) is 124 cm³/mol. The largest absolute Gasteiger partial charge is 1.00 e. The molecule has 0 unspecified atom stereocenters. The number of hydrogen-bond acceptors (Lipinski definition) is 7. The van der Waals surface area contributed by atoms with Gasteiger partial charge < -0.3 is 36.1 Å². The van der Waals surface area contributed by atoms with Crippen molar-refractivity contribution in [3.05, 3.63) is 0 Å². The first-order chi connectivity index (χ1) is 15.9. The van der Waals surface area contributed by atoms with Gasteiger partial charge in [0.1, 0.15) is 0 Å². The van der Waals surface area contributed by atoms with Crippen LogP contribution in [-0.2, 0) is 9.59 Å². The van der Waals surface area contributed by atoms with E-state index >= 15 is 0 Å². The molecule has 0 saturated heterocycles. The molecule has 0 aromatic carbocycles. The Morgan fingerprint density at radius 2 is 1.69 bits per heavy atom. The molecule has 8 nitrogen and oxygen atoms in total. The van der Waals surface area contributed by atoms with Crippen molar-refractivity contribution in [3.63, 3.8) is 0 Å². The van der Waals surface area contributed by atoms with Gasteiger partial charge in [-0.2, -0.15) is 0 Å². The smallest absolute Gasteiger partial charge is 0.550 e. The van der Waals surface area contributed by atoms with Gasteiger partial charge in [0.05, 0.1) is 24.9 Å². The van der Waals surface area contributed by atoms with Gasteiger partial charge in [0.2, 0.25) is 0 Å². The molecule has 196 valence electrons. The van der Waals surface area contributed by atoms with Gasteiger partial charge >= 0.3 is 35.5 Å². The van der Waals surface area contributed by atoms with Gasteiger partial charge in [0.15, 0.2) is 0 Å². The summed E-state index contributed by atoms with van der Waals surface area (Å²) in [6.07, 6.45) is 5.72. The second kappa shape index (κ2) is 12.1. The van der Waals surface area contributed by atoms with Crippen LogP contribution in [0.1, 0.15) is 78.6 Å². The van der Waals surface area contributed by atoms with E-state index in [-0.39, 0.29) is 89.2 Å². The van der Waals surface area contributed by atoms with Crippen LogP contribution in [0.2, 0.25) is 0 Å². The quantitative estimate of drug-likeness (QED) is 0.272. The topological polar surface area (TPSA) is 164 Å². The minimum atomic E-state index is -0.998. The van der Waals surface area contributed by atoms with E-state index in [9.17, 15) is 30.0 Å². The first-order valence-electron chi connectivity index (χ1n) is 13.0. The summed E-state index contributed by atoms with van der Waals surface area (Å²) in [5.74, 6) is -0.333. The number of hydrogen-bond donors (Lipinski definition) is 5. The fourth-order valence-corrected chi connectivity index (χ4v) is 8.68. The van der Waals surface area contributed by atoms with Crippen LogP contribution in [0, 0.1) is 46.3 Å². The molecule has 11 atom stereocenters. The molecule has 0 aromatic rings. The van der Waals surface area contributed by atoms with Crippen molar-refractivity contribution in [2.45, 2.75) is 96.9 Å². The summed E-state index contributed by atoms with van der Waals surface area (Å²) >= 11 is 0. The zero-order valence-electron chi connectivity index (χ0n) is 21.9. The van der Waals surface area contributed by atoms with Crippen molar-refractivity contribution >= 4 is 11.9 Å². The van der Waals surface area contributed by atoms with E-state index in [0.717, 1.165) is 44.9 Å². The van der Waals surface area contributed by atoms with Crippen molar-refractivity contribution in [3.8, 4) is 0 Å². The minimum Gasteiger partial charge on any atom is -0.550 e. The summed E-state index contributed by atoms with van der Waals surface area (Å²) in [4.78, 5) is 20.2. The van der Waals surface area contributed by atoms with Crippen molar-refractivity contribution < 1.29 is 64.7 Å². The van der Waals surface area contributed by atoms with Gasteiger partial charge in [-0.1, -0.05) is 20.8 Å². The zero-order valence-corrected chi connectivity index (χ0v) is 23.9. The van der Waals surface area contributed by atoms with Crippen molar-refractivity contribution in [2.75, 3.05) is 6.54 Å². The van der Waals surface area contributed by atoms with Gasteiger partial charge in [-0.25, -0.2) is 0 Å². The first kappa shape index (κ1) is 31.0. The standard InChI is InChI=1S/C24H40O5.C2H5NO2.Na/c1-13(4-7-21(28)29)16-5-6-17-22-18(12-20(27)24(16,17)3)23(2)9-8-15(25)10-14(23)11-19(22)26;3-1-2(4)5;/h13-20,22,25-27H,4-12H2,1-3H3,(H,28,29);1,3H2,(H,4,5);/q;;+1/p-1/t13-,14+,15-,16-,17+,18+,19-,20+,22+,23+,24-;;/m1../s1. The van der Waals surface area contributed by atoms with E-state index < -0.39 is 18.0 Å². The van der Waals surface area contributed by atoms with Crippen molar-refractivity contribution in [1.29, 1.82) is 0 Å². The normalized spacial score (nSPS) is 44.9. The van der Waals surface area contributed by atoms with E-state index in [2.05, 4.69) is 26.5 Å². The van der Waals surface area contributed by atoms with Crippen LogP contribution >= 0.6 is 0 Å². The third-order valence-corrected chi connectivity index (χ3v) is 10.5. The van der Waals surface area contributed by atoms with Crippen LogP contribution < -0.4 is 40.4 Å². The SMILES string of the molecule is C[C@H](CCC(=O)[O-])[C@H]1CC[C@H]2[C@@H]3[C@H](O)C[C@@H]4C[C@H](O)CC[C@]4(C)[C@H]3C[C@H](O)[C@]12C.NCC(=O)O.[Na+]. The first-order valence-corrected chi connectivity index (χ1v) is 13.0. The van der Waals surface area contributed by atoms with Crippen LogP contribution in [0.5, 0.6) is 0 Å². The number of carboxylic acid groups (broad SMARTS) is 2. The Bertz CT molecular complexity index is 753. The molecule has 4 fully saturated rings. The number of carbonyl (C=O) groups is 2. The zero-order chi connectivity index (χ0) is 25.4. The molecule has 4 saturated carbocycles. The summed E-state index contributed by atoms with van der Waals surface area (Å²) in [5.41, 5.74) is 4.40. The number of carboxylic acids is 2. The minimum absolute atomic E-state index is 0. The number of aliphatic hydroxyl groups is 3. The second-order valence-electron chi connectivity index (χ2n) is 12.0. The van der Waals surface area contributed by atoms with E-state index in [1.165, 1.54) is 0 Å². The van der Waals surface area contributed by atoms with Gasteiger partial charge in [-0.05, 0) is 104 Å². The van der Waals surface area contributed by atoms with Crippen LogP contribution in [0.25, 0.3) is 0 Å². The summed E-state index contributed by atoms with van der Waals surface area (Å²) in [6, 6.07) is 0. The monoisotopic (exact) mass is 505 g/mol. The number of aliphatic carboxylic acids is 2. The van der Waals surface area contributed by atoms with Gasteiger partial charge in [-0.15, -0.1) is 0 Å². The molecule has 0 aromatic heterocycles. The maximum absolute atomic E-state index is 11.5. The summed E-state index contributed by atoms with van der Waals surface area (Å²) < 4.78 is 0. The van der Waals surface area contributed by atoms with Gasteiger partial charge in [0, 0.05) is 5.97 Å². The molecule has 4 aliphatic carbocycles. The molecule has 0 spiro atoms. The Morgan fingerprint density at radius 1 is 1.06 bits per heavy atom. The summed E-state index contributed by atoms with van der Waals surface area (Å²) in [6.45, 7) is 6.39. The fourth-order valence-electron chi connectivity index (χ4n) is 8.68. The maximum atomic E-state index is 11.5. The Balaban J connectivity index is 0.000000656. The molecular formula is C26H44NNaO7. The molecule has 6 N–H and O–H groups in total. The van der Waals surface area contributed by atoms with E-state index in [1.54, 1.807) is 0 Å². The number of fused-ring (bicyclic) bond motifs is 5. The summed E-state index contributed by atoms with van der Waals surface area (Å²) in [7, 11) is 0. The van der Waals surface area contributed by atoms with Crippen LogP contribution in [-0.4, -0.2) is 57.2 Å². The van der Waals surface area contributed by atoms with Crippen LogP contribution in [0.15, 0.2) is 0 Å². The average Bonchev–Trinajstić information content (AvgIpc) is 3.13. The molecule has 35 heavy (non-hydrogen) atoms. The fraction of sp³-hybridized carbons (Fsp3) is 0.923. The maximum Gasteiger partial charge on any atom is 1.00 e.